The SMILES string of the molecule is N#Cc1cc(C(O)C(O)CNC(=O)OCc2ccccc2)c(O)c([N+](=O)[O-])c1. The summed E-state index contributed by atoms with van der Waals surface area (Å²) in [6.07, 6.45) is -4.26. The van der Waals surface area contributed by atoms with Crippen LogP contribution in [0.25, 0.3) is 0 Å². The van der Waals surface area contributed by atoms with Crippen molar-refractivity contribution in [1.29, 1.82) is 5.26 Å². The molecule has 2 aromatic rings. The number of nitrogens with one attached hydrogen (secondary N) is 1. The summed E-state index contributed by atoms with van der Waals surface area (Å²) in [6.45, 7) is -0.457. The van der Waals surface area contributed by atoms with Crippen LogP contribution in [0.1, 0.15) is 22.8 Å². The highest BCUT2D eigenvalue weighted by Crippen LogP contribution is 2.36. The zero-order chi connectivity index (χ0) is 20.7. The van der Waals surface area contributed by atoms with Crippen LogP contribution in [0.5, 0.6) is 5.75 Å². The summed E-state index contributed by atoms with van der Waals surface area (Å²) >= 11 is 0. The molecule has 0 fully saturated rings. The standard InChI is InChI=1S/C18H17N3O7/c19-8-12-6-13(16(23)14(7-12)21(26)27)17(24)15(22)9-20-18(25)28-10-11-4-2-1-3-5-11/h1-7,15,17,22-24H,9-10H2,(H,20,25). The van der Waals surface area contributed by atoms with Crippen molar-refractivity contribution in [2.24, 2.45) is 0 Å². The minimum atomic E-state index is -1.79. The normalized spacial score (nSPS) is 12.5. The molecular formula is C18H17N3O7. The molecule has 2 atom stereocenters. The highest BCUT2D eigenvalue weighted by atomic mass is 16.6. The summed E-state index contributed by atoms with van der Waals surface area (Å²) < 4.78 is 4.95. The highest BCUT2D eigenvalue weighted by Gasteiger charge is 2.28. The van der Waals surface area contributed by atoms with Crippen LogP contribution in [-0.2, 0) is 11.3 Å². The highest BCUT2D eigenvalue weighted by molar-refractivity contribution is 5.67. The van der Waals surface area contributed by atoms with Gasteiger partial charge in [0.1, 0.15) is 18.8 Å². The van der Waals surface area contributed by atoms with Gasteiger partial charge in [-0.2, -0.15) is 5.26 Å². The fourth-order valence-corrected chi connectivity index (χ4v) is 2.35. The molecule has 0 aliphatic rings. The van der Waals surface area contributed by atoms with Gasteiger partial charge in [-0.1, -0.05) is 30.3 Å². The molecule has 0 saturated heterocycles. The zero-order valence-electron chi connectivity index (χ0n) is 14.5. The van der Waals surface area contributed by atoms with E-state index >= 15 is 0 Å². The third-order valence-electron chi connectivity index (χ3n) is 3.80. The van der Waals surface area contributed by atoms with Crippen LogP contribution in [0.15, 0.2) is 42.5 Å². The summed E-state index contributed by atoms with van der Waals surface area (Å²) in [5.74, 6) is -0.873. The maximum atomic E-state index is 11.7. The van der Waals surface area contributed by atoms with Gasteiger partial charge in [-0.15, -0.1) is 0 Å². The zero-order valence-corrected chi connectivity index (χ0v) is 14.5. The quantitative estimate of drug-likeness (QED) is 0.409. The summed E-state index contributed by atoms with van der Waals surface area (Å²) in [4.78, 5) is 21.7. The number of alkyl carbamates (subject to hydrolysis) is 1. The van der Waals surface area contributed by atoms with E-state index < -0.39 is 46.8 Å². The van der Waals surface area contributed by atoms with E-state index in [0.717, 1.165) is 17.7 Å². The van der Waals surface area contributed by atoms with Crippen molar-refractivity contribution < 1.29 is 29.8 Å². The smallest absolute Gasteiger partial charge is 0.407 e. The molecular weight excluding hydrogens is 370 g/mol. The number of hydrogen-bond donors (Lipinski definition) is 4. The first-order valence-electron chi connectivity index (χ1n) is 8.05. The largest absolute Gasteiger partial charge is 0.502 e. The summed E-state index contributed by atoms with van der Waals surface area (Å²) in [7, 11) is 0. The molecule has 2 rings (SSSR count). The lowest BCUT2D eigenvalue weighted by Gasteiger charge is -2.19. The van der Waals surface area contributed by atoms with Crippen LogP contribution in [0.3, 0.4) is 0 Å². The second-order valence-corrected chi connectivity index (χ2v) is 5.76. The number of nitro benzene ring substituents is 1. The Kier molecular flexibility index (Phi) is 6.86. The lowest BCUT2D eigenvalue weighted by Crippen LogP contribution is -2.35. The van der Waals surface area contributed by atoms with Crippen LogP contribution in [0.4, 0.5) is 10.5 Å². The second-order valence-electron chi connectivity index (χ2n) is 5.76. The lowest BCUT2D eigenvalue weighted by atomic mass is 9.99. The average molecular weight is 387 g/mol. The molecule has 0 heterocycles. The van der Waals surface area contributed by atoms with Crippen molar-refractivity contribution in [3.05, 3.63) is 69.3 Å². The third kappa shape index (κ3) is 5.16. The molecule has 0 aromatic heterocycles. The summed E-state index contributed by atoms with van der Waals surface area (Å²) in [5, 5.41) is 52.3. The molecule has 0 aliphatic carbocycles. The maximum absolute atomic E-state index is 11.7. The predicted molar refractivity (Wildman–Crippen MR) is 95.1 cm³/mol. The van der Waals surface area contributed by atoms with Gasteiger partial charge in [0.05, 0.1) is 16.6 Å². The number of amides is 1. The molecule has 0 spiro atoms. The average Bonchev–Trinajstić information content (AvgIpc) is 2.70. The number of benzene rings is 2. The number of rotatable bonds is 7. The third-order valence-corrected chi connectivity index (χ3v) is 3.80. The Balaban J connectivity index is 1.99. The number of phenols is 1. The van der Waals surface area contributed by atoms with Gasteiger partial charge in [-0.05, 0) is 11.6 Å². The monoisotopic (exact) mass is 387 g/mol. The van der Waals surface area contributed by atoms with Crippen molar-refractivity contribution in [3.63, 3.8) is 0 Å². The van der Waals surface area contributed by atoms with Crippen LogP contribution in [0.2, 0.25) is 0 Å². The molecule has 0 aliphatic heterocycles. The molecule has 10 heteroatoms. The van der Waals surface area contributed by atoms with Gasteiger partial charge in [0.25, 0.3) is 0 Å². The first kappa shape index (κ1) is 20.6. The maximum Gasteiger partial charge on any atom is 0.407 e. The van der Waals surface area contributed by atoms with E-state index in [-0.39, 0.29) is 12.2 Å². The number of phenolic OH excluding ortho intramolecular Hbond substituents is 1. The number of aliphatic hydroxyl groups is 2. The molecule has 0 saturated carbocycles. The van der Waals surface area contributed by atoms with Crippen molar-refractivity contribution in [2.45, 2.75) is 18.8 Å². The molecule has 28 heavy (non-hydrogen) atoms. The number of aliphatic hydroxyl groups excluding tert-OH is 2. The van der Waals surface area contributed by atoms with Crippen molar-refractivity contribution in [1.82, 2.24) is 5.32 Å². The minimum absolute atomic E-state index is 0.00250. The number of aromatic hydroxyl groups is 1. The summed E-state index contributed by atoms with van der Waals surface area (Å²) in [5.41, 5.74) is -0.613. The van der Waals surface area contributed by atoms with Gasteiger partial charge in [-0.3, -0.25) is 10.1 Å². The van der Waals surface area contributed by atoms with Crippen molar-refractivity contribution >= 4 is 11.8 Å². The molecule has 146 valence electrons. The van der Waals surface area contributed by atoms with Crippen molar-refractivity contribution in [2.75, 3.05) is 6.54 Å². The van der Waals surface area contributed by atoms with E-state index in [2.05, 4.69) is 5.32 Å². The van der Waals surface area contributed by atoms with Gasteiger partial charge in [-0.25, -0.2) is 4.79 Å². The number of nitro groups is 1. The topological polar surface area (TPSA) is 166 Å². The number of hydrogen-bond acceptors (Lipinski definition) is 8. The van der Waals surface area contributed by atoms with Gasteiger partial charge >= 0.3 is 11.8 Å². The van der Waals surface area contributed by atoms with E-state index in [9.17, 15) is 30.2 Å². The Hall–Kier alpha value is -3.68. The minimum Gasteiger partial charge on any atom is -0.502 e. The number of nitrogens with zero attached hydrogens (tertiary/aromatic N) is 2. The Labute approximate surface area is 159 Å². The van der Waals surface area contributed by atoms with Gasteiger partial charge in [0.15, 0.2) is 5.75 Å². The molecule has 2 aromatic carbocycles. The van der Waals surface area contributed by atoms with E-state index in [1.165, 1.54) is 0 Å². The first-order valence-corrected chi connectivity index (χ1v) is 8.05. The van der Waals surface area contributed by atoms with E-state index in [0.29, 0.717) is 0 Å². The molecule has 1 amide bonds. The predicted octanol–water partition coefficient (Wildman–Crippen LogP) is 1.49. The van der Waals surface area contributed by atoms with Gasteiger partial charge < -0.3 is 25.4 Å². The van der Waals surface area contributed by atoms with E-state index in [4.69, 9.17) is 10.00 Å². The Morgan fingerprint density at radius 3 is 2.57 bits per heavy atom. The molecule has 2 unspecified atom stereocenters. The second kappa shape index (κ2) is 9.31. The van der Waals surface area contributed by atoms with E-state index in [1.807, 2.05) is 6.07 Å². The van der Waals surface area contributed by atoms with Gasteiger partial charge in [0.2, 0.25) is 0 Å². The number of ether oxygens (including phenoxy) is 1. The Bertz CT molecular complexity index is 896. The van der Waals surface area contributed by atoms with E-state index in [1.54, 1.807) is 30.3 Å². The Morgan fingerprint density at radius 1 is 1.29 bits per heavy atom. The van der Waals surface area contributed by atoms with Crippen molar-refractivity contribution in [3.8, 4) is 11.8 Å². The van der Waals surface area contributed by atoms with Crippen LogP contribution >= 0.6 is 0 Å². The van der Waals surface area contributed by atoms with Crippen LogP contribution in [0, 0.1) is 21.4 Å². The van der Waals surface area contributed by atoms with Crippen LogP contribution in [-0.4, -0.2) is 39.0 Å². The molecule has 0 radical (unpaired) electrons. The van der Waals surface area contributed by atoms with Gasteiger partial charge in [0, 0.05) is 18.2 Å². The molecule has 10 nitrogen and oxygen atoms in total. The Morgan fingerprint density at radius 2 is 1.96 bits per heavy atom. The molecule has 4 N–H and O–H groups in total. The fraction of sp³-hybridized carbons (Fsp3) is 0.222. The summed E-state index contributed by atoms with van der Waals surface area (Å²) in [6, 6.07) is 12.4. The fourth-order valence-electron chi connectivity index (χ4n) is 2.35. The number of carbonyl (C=O) groups is 1. The first-order chi connectivity index (χ1) is 13.3. The number of nitriles is 1. The lowest BCUT2D eigenvalue weighted by molar-refractivity contribution is -0.386. The van der Waals surface area contributed by atoms with Crippen LogP contribution < -0.4 is 5.32 Å². The molecule has 0 bridgehead atoms. The number of carbonyl (C=O) groups excluding carboxylic acids is 1.